The molecule has 132 valence electrons. The van der Waals surface area contributed by atoms with Gasteiger partial charge in [-0.2, -0.15) is 0 Å². The van der Waals surface area contributed by atoms with Gasteiger partial charge in [0.2, 0.25) is 5.91 Å². The molecule has 0 aliphatic heterocycles. The number of ether oxygens (including phenoxy) is 1. The Kier molecular flexibility index (Phi) is 6.04. The number of methoxy groups -OCH3 is 1. The Morgan fingerprint density at radius 1 is 1.24 bits per heavy atom. The minimum absolute atomic E-state index is 0.103. The number of nitrogens with zero attached hydrogens (tertiary/aromatic N) is 1. The first kappa shape index (κ1) is 18.4. The molecule has 0 aliphatic rings. The Morgan fingerprint density at radius 2 is 1.84 bits per heavy atom. The van der Waals surface area contributed by atoms with E-state index in [4.69, 9.17) is 10.5 Å². The van der Waals surface area contributed by atoms with E-state index < -0.39 is 23.0 Å². The number of nitro benzene ring substituents is 1. The highest BCUT2D eigenvalue weighted by atomic mass is 16.6. The van der Waals surface area contributed by atoms with Crippen LogP contribution in [0.3, 0.4) is 0 Å². The van der Waals surface area contributed by atoms with Gasteiger partial charge in [0.05, 0.1) is 12.0 Å². The molecule has 0 unspecified atom stereocenters. The molecular formula is C17H19N3O5. The first-order chi connectivity index (χ1) is 11.9. The quantitative estimate of drug-likeness (QED) is 0.512. The van der Waals surface area contributed by atoms with Crippen molar-refractivity contribution in [3.63, 3.8) is 0 Å². The van der Waals surface area contributed by atoms with Crippen LogP contribution in [-0.4, -0.2) is 29.1 Å². The Bertz CT molecular complexity index is 731. The minimum atomic E-state index is -1.27. The fourth-order valence-corrected chi connectivity index (χ4v) is 2.19. The molecule has 0 spiro atoms. The number of non-ortho nitro benzene ring substituents is 1. The van der Waals surface area contributed by atoms with Crippen LogP contribution in [0.1, 0.15) is 17.2 Å². The molecule has 4 N–H and O–H groups in total. The molecule has 0 radical (unpaired) electrons. The molecule has 0 saturated heterocycles. The number of hydrogen-bond acceptors (Lipinski definition) is 6. The summed E-state index contributed by atoms with van der Waals surface area (Å²) in [7, 11) is 1.56. The van der Waals surface area contributed by atoms with E-state index >= 15 is 0 Å². The number of nitrogens with one attached hydrogen (secondary N) is 1. The summed E-state index contributed by atoms with van der Waals surface area (Å²) in [5.74, 6) is 0.182. The predicted molar refractivity (Wildman–Crippen MR) is 90.9 cm³/mol. The topological polar surface area (TPSA) is 128 Å². The van der Waals surface area contributed by atoms with Crippen molar-refractivity contribution in [2.45, 2.75) is 18.7 Å². The summed E-state index contributed by atoms with van der Waals surface area (Å²) >= 11 is 0. The number of amides is 1. The second kappa shape index (κ2) is 8.22. The van der Waals surface area contributed by atoms with Crippen LogP contribution in [0, 0.1) is 10.1 Å². The van der Waals surface area contributed by atoms with Gasteiger partial charge in [-0.15, -0.1) is 0 Å². The van der Waals surface area contributed by atoms with Crippen molar-refractivity contribution in [2.24, 2.45) is 5.73 Å². The molecule has 0 saturated carbocycles. The van der Waals surface area contributed by atoms with Gasteiger partial charge in [0.15, 0.2) is 0 Å². The van der Waals surface area contributed by atoms with E-state index in [0.29, 0.717) is 11.3 Å². The van der Waals surface area contributed by atoms with Gasteiger partial charge in [-0.25, -0.2) is 0 Å². The van der Waals surface area contributed by atoms with E-state index in [1.54, 1.807) is 31.4 Å². The van der Waals surface area contributed by atoms with Gasteiger partial charge in [0, 0.05) is 18.7 Å². The summed E-state index contributed by atoms with van der Waals surface area (Å²) in [6, 6.07) is 11.2. The molecule has 0 fully saturated rings. The highest BCUT2D eigenvalue weighted by molar-refractivity contribution is 5.82. The van der Waals surface area contributed by atoms with Crippen LogP contribution in [0.2, 0.25) is 0 Å². The van der Waals surface area contributed by atoms with Crippen molar-refractivity contribution in [1.82, 2.24) is 5.32 Å². The molecule has 0 heterocycles. The third-order valence-electron chi connectivity index (χ3n) is 3.71. The summed E-state index contributed by atoms with van der Waals surface area (Å²) in [5.41, 5.74) is 6.87. The Morgan fingerprint density at radius 3 is 2.36 bits per heavy atom. The van der Waals surface area contributed by atoms with Gasteiger partial charge in [-0.3, -0.25) is 14.9 Å². The number of benzene rings is 2. The van der Waals surface area contributed by atoms with Gasteiger partial charge in [-0.05, 0) is 35.4 Å². The maximum absolute atomic E-state index is 12.1. The molecule has 25 heavy (non-hydrogen) atoms. The van der Waals surface area contributed by atoms with Crippen molar-refractivity contribution in [2.75, 3.05) is 7.11 Å². The zero-order valence-electron chi connectivity index (χ0n) is 13.6. The summed E-state index contributed by atoms with van der Waals surface area (Å²) in [4.78, 5) is 22.2. The largest absolute Gasteiger partial charge is 0.497 e. The van der Waals surface area contributed by atoms with Crippen LogP contribution in [0.25, 0.3) is 0 Å². The normalized spacial score (nSPS) is 12.9. The fraction of sp³-hybridized carbons (Fsp3) is 0.235. The van der Waals surface area contributed by atoms with E-state index in [9.17, 15) is 20.0 Å². The molecule has 2 aromatic rings. The number of carbonyl (C=O) groups excluding carboxylic acids is 1. The number of carbonyl (C=O) groups is 1. The molecule has 0 aromatic heterocycles. The van der Waals surface area contributed by atoms with Crippen molar-refractivity contribution in [3.8, 4) is 5.75 Å². The SMILES string of the molecule is COc1ccc(CNC(=O)[C@H](N)[C@@H](O)c2ccc([N+](=O)[O-])cc2)cc1. The predicted octanol–water partition coefficient (Wildman–Crippen LogP) is 1.28. The van der Waals surface area contributed by atoms with E-state index in [1.807, 2.05) is 0 Å². The second-order valence-electron chi connectivity index (χ2n) is 5.39. The molecular weight excluding hydrogens is 326 g/mol. The van der Waals surface area contributed by atoms with Gasteiger partial charge >= 0.3 is 0 Å². The number of aliphatic hydroxyl groups is 1. The molecule has 8 nitrogen and oxygen atoms in total. The summed E-state index contributed by atoms with van der Waals surface area (Å²) in [5, 5.41) is 23.5. The van der Waals surface area contributed by atoms with E-state index in [2.05, 4.69) is 5.32 Å². The van der Waals surface area contributed by atoms with Gasteiger partial charge in [-0.1, -0.05) is 12.1 Å². The summed E-state index contributed by atoms with van der Waals surface area (Å²) in [6.07, 6.45) is -1.27. The number of aliphatic hydroxyl groups excluding tert-OH is 1. The lowest BCUT2D eigenvalue weighted by molar-refractivity contribution is -0.384. The maximum Gasteiger partial charge on any atom is 0.269 e. The first-order valence-corrected chi connectivity index (χ1v) is 7.51. The Hall–Kier alpha value is -2.97. The summed E-state index contributed by atoms with van der Waals surface area (Å²) < 4.78 is 5.05. The molecule has 2 aromatic carbocycles. The van der Waals surface area contributed by atoms with Gasteiger partial charge in [0.1, 0.15) is 17.9 Å². The summed E-state index contributed by atoms with van der Waals surface area (Å²) in [6.45, 7) is 0.253. The lowest BCUT2D eigenvalue weighted by atomic mass is 10.0. The highest BCUT2D eigenvalue weighted by Crippen LogP contribution is 2.20. The Labute approximate surface area is 144 Å². The van der Waals surface area contributed by atoms with Crippen LogP contribution < -0.4 is 15.8 Å². The van der Waals surface area contributed by atoms with E-state index in [-0.39, 0.29) is 12.2 Å². The van der Waals surface area contributed by atoms with Crippen LogP contribution >= 0.6 is 0 Å². The van der Waals surface area contributed by atoms with Crippen molar-refractivity contribution < 1.29 is 19.6 Å². The number of hydrogen-bond donors (Lipinski definition) is 3. The molecule has 0 bridgehead atoms. The van der Waals surface area contributed by atoms with Crippen LogP contribution in [0.5, 0.6) is 5.75 Å². The molecule has 2 atom stereocenters. The third kappa shape index (κ3) is 4.75. The van der Waals surface area contributed by atoms with E-state index in [1.165, 1.54) is 24.3 Å². The molecule has 0 aliphatic carbocycles. The zero-order valence-corrected chi connectivity index (χ0v) is 13.6. The first-order valence-electron chi connectivity index (χ1n) is 7.51. The minimum Gasteiger partial charge on any atom is -0.497 e. The lowest BCUT2D eigenvalue weighted by Gasteiger charge is -2.18. The molecule has 1 amide bonds. The van der Waals surface area contributed by atoms with Crippen molar-refractivity contribution in [1.29, 1.82) is 0 Å². The van der Waals surface area contributed by atoms with Gasteiger partial charge < -0.3 is 20.9 Å². The number of rotatable bonds is 7. The molecule has 2 rings (SSSR count). The lowest BCUT2D eigenvalue weighted by Crippen LogP contribution is -2.44. The van der Waals surface area contributed by atoms with Crippen LogP contribution in [0.4, 0.5) is 5.69 Å². The zero-order chi connectivity index (χ0) is 18.4. The van der Waals surface area contributed by atoms with Crippen LogP contribution in [0.15, 0.2) is 48.5 Å². The Balaban J connectivity index is 1.94. The average Bonchev–Trinajstić information content (AvgIpc) is 2.65. The smallest absolute Gasteiger partial charge is 0.269 e. The third-order valence-corrected chi connectivity index (χ3v) is 3.71. The highest BCUT2D eigenvalue weighted by Gasteiger charge is 2.24. The fourth-order valence-electron chi connectivity index (χ4n) is 2.19. The average molecular weight is 345 g/mol. The molecule has 8 heteroatoms. The van der Waals surface area contributed by atoms with E-state index in [0.717, 1.165) is 5.56 Å². The monoisotopic (exact) mass is 345 g/mol. The number of nitro groups is 1. The van der Waals surface area contributed by atoms with Crippen LogP contribution in [-0.2, 0) is 11.3 Å². The second-order valence-corrected chi connectivity index (χ2v) is 5.39. The van der Waals surface area contributed by atoms with Crippen molar-refractivity contribution in [3.05, 3.63) is 69.8 Å². The number of nitrogens with two attached hydrogens (primary N) is 1. The standard InChI is InChI=1S/C17H19N3O5/c1-25-14-8-2-11(3-9-14)10-19-17(22)15(18)16(21)12-4-6-13(7-5-12)20(23)24/h2-9,15-16,21H,10,18H2,1H3,(H,19,22)/t15-,16+/m1/s1. The van der Waals surface area contributed by atoms with Gasteiger partial charge in [0.25, 0.3) is 5.69 Å². The maximum atomic E-state index is 12.1. The van der Waals surface area contributed by atoms with Crippen molar-refractivity contribution >= 4 is 11.6 Å².